The Morgan fingerprint density at radius 2 is 2.00 bits per heavy atom. The van der Waals surface area contributed by atoms with Gasteiger partial charge >= 0.3 is 12.1 Å². The number of ether oxygens (including phenoxy) is 1. The number of carbonyl (C=O) groups is 1. The molecule has 0 fully saturated rings. The summed E-state index contributed by atoms with van der Waals surface area (Å²) in [7, 11) is 1.03. The molecule has 0 unspecified atom stereocenters. The van der Waals surface area contributed by atoms with E-state index in [-0.39, 0.29) is 5.56 Å². The molecular weight excluding hydrogens is 227 g/mol. The average molecular weight is 235 g/mol. The lowest BCUT2D eigenvalue weighted by Crippen LogP contribution is -2.10. The van der Waals surface area contributed by atoms with Crippen LogP contribution in [0.3, 0.4) is 0 Å². The molecule has 0 saturated heterocycles. The first-order valence-corrected chi connectivity index (χ1v) is 4.05. The third kappa shape index (κ3) is 2.18. The highest BCUT2D eigenvalue weighted by Gasteiger charge is 2.35. The van der Waals surface area contributed by atoms with Gasteiger partial charge in [0.2, 0.25) is 0 Å². The van der Waals surface area contributed by atoms with Crippen molar-refractivity contribution in [2.45, 2.75) is 6.18 Å². The molecule has 3 N–H and O–H groups in total. The minimum Gasteiger partial charge on any atom is -0.505 e. The molecule has 0 amide bonds. The topological polar surface area (TPSA) is 72.5 Å². The quantitative estimate of drug-likeness (QED) is 0.442. The fourth-order valence-electron chi connectivity index (χ4n) is 1.11. The van der Waals surface area contributed by atoms with Gasteiger partial charge in [0.15, 0.2) is 5.75 Å². The van der Waals surface area contributed by atoms with E-state index in [0.717, 1.165) is 13.2 Å². The standard InChI is InChI=1S/C9H8F3NO3/c1-16-8(15)4-2-5(9(10,11)12)7(14)6(13)3-4/h2-3,14H,13H2,1H3. The summed E-state index contributed by atoms with van der Waals surface area (Å²) in [5, 5.41) is 9.11. The Hall–Kier alpha value is -1.92. The summed E-state index contributed by atoms with van der Waals surface area (Å²) in [5.74, 6) is -2.06. The average Bonchev–Trinajstić information content (AvgIpc) is 2.18. The number of methoxy groups -OCH3 is 1. The fraction of sp³-hybridized carbons (Fsp3) is 0.222. The number of nitrogens with two attached hydrogens (primary N) is 1. The largest absolute Gasteiger partial charge is 0.505 e. The van der Waals surface area contributed by atoms with Gasteiger partial charge < -0.3 is 15.6 Å². The van der Waals surface area contributed by atoms with Crippen LogP contribution in [0.1, 0.15) is 15.9 Å². The number of carbonyl (C=O) groups excluding carboxylic acids is 1. The van der Waals surface area contributed by atoms with Crippen LogP contribution in [-0.4, -0.2) is 18.2 Å². The van der Waals surface area contributed by atoms with E-state index < -0.39 is 29.1 Å². The zero-order chi connectivity index (χ0) is 12.5. The molecule has 0 atom stereocenters. The molecule has 4 nitrogen and oxygen atoms in total. The molecule has 7 heteroatoms. The Balaban J connectivity index is 3.39. The molecule has 16 heavy (non-hydrogen) atoms. The van der Waals surface area contributed by atoms with Gasteiger partial charge in [-0.3, -0.25) is 0 Å². The van der Waals surface area contributed by atoms with Gasteiger partial charge in [0.1, 0.15) is 5.56 Å². The van der Waals surface area contributed by atoms with Crippen molar-refractivity contribution < 1.29 is 27.8 Å². The Kier molecular flexibility index (Phi) is 2.97. The van der Waals surface area contributed by atoms with E-state index in [1.807, 2.05) is 0 Å². The molecule has 0 aromatic heterocycles. The van der Waals surface area contributed by atoms with E-state index >= 15 is 0 Å². The lowest BCUT2D eigenvalue weighted by molar-refractivity contribution is -0.138. The zero-order valence-electron chi connectivity index (χ0n) is 8.13. The van der Waals surface area contributed by atoms with Gasteiger partial charge in [-0.05, 0) is 12.1 Å². The van der Waals surface area contributed by atoms with Crippen LogP contribution in [0.5, 0.6) is 5.75 Å². The van der Waals surface area contributed by atoms with Crippen molar-refractivity contribution in [3.8, 4) is 5.75 Å². The highest BCUT2D eigenvalue weighted by molar-refractivity contribution is 5.91. The maximum absolute atomic E-state index is 12.4. The summed E-state index contributed by atoms with van der Waals surface area (Å²) in [5.41, 5.74) is 2.88. The van der Waals surface area contributed by atoms with Gasteiger partial charge in [-0.15, -0.1) is 0 Å². The molecule has 88 valence electrons. The molecule has 0 aliphatic carbocycles. The normalized spacial score (nSPS) is 11.2. The van der Waals surface area contributed by atoms with Crippen LogP contribution in [0.25, 0.3) is 0 Å². The van der Waals surface area contributed by atoms with Crippen molar-refractivity contribution in [3.05, 3.63) is 23.3 Å². The summed E-state index contributed by atoms with van der Waals surface area (Å²) >= 11 is 0. The van der Waals surface area contributed by atoms with Crippen LogP contribution in [-0.2, 0) is 10.9 Å². The number of phenolic OH excluding ortho intramolecular Hbond substituents is 1. The number of hydrogen-bond acceptors (Lipinski definition) is 4. The number of anilines is 1. The number of rotatable bonds is 1. The van der Waals surface area contributed by atoms with Crippen molar-refractivity contribution in [2.75, 3.05) is 12.8 Å². The highest BCUT2D eigenvalue weighted by atomic mass is 19.4. The number of nitrogen functional groups attached to an aromatic ring is 1. The van der Waals surface area contributed by atoms with Gasteiger partial charge in [-0.1, -0.05) is 0 Å². The second kappa shape index (κ2) is 3.92. The van der Waals surface area contributed by atoms with E-state index in [9.17, 15) is 18.0 Å². The van der Waals surface area contributed by atoms with Gasteiger partial charge in [0.25, 0.3) is 0 Å². The first kappa shape index (κ1) is 12.2. The molecule has 0 aliphatic heterocycles. The van der Waals surface area contributed by atoms with Crippen LogP contribution < -0.4 is 5.73 Å². The molecule has 0 heterocycles. The van der Waals surface area contributed by atoms with Crippen LogP contribution in [0.4, 0.5) is 18.9 Å². The second-order valence-electron chi connectivity index (χ2n) is 2.95. The molecule has 0 bridgehead atoms. The highest BCUT2D eigenvalue weighted by Crippen LogP contribution is 2.39. The number of phenols is 1. The Bertz CT molecular complexity index is 429. The minimum absolute atomic E-state index is 0.370. The molecular formula is C9H8F3NO3. The predicted octanol–water partition coefficient (Wildman–Crippen LogP) is 1.78. The number of esters is 1. The van der Waals surface area contributed by atoms with E-state index in [2.05, 4.69) is 4.74 Å². The SMILES string of the molecule is COC(=O)c1cc(N)c(O)c(C(F)(F)F)c1. The fourth-order valence-corrected chi connectivity index (χ4v) is 1.11. The Morgan fingerprint density at radius 1 is 1.44 bits per heavy atom. The van der Waals surface area contributed by atoms with Crippen LogP contribution in [0.2, 0.25) is 0 Å². The Labute approximate surface area is 88.4 Å². The number of halogens is 3. The number of aromatic hydroxyl groups is 1. The third-order valence-corrected chi connectivity index (χ3v) is 1.87. The summed E-state index contributed by atoms with van der Waals surface area (Å²) in [6.45, 7) is 0. The van der Waals surface area contributed by atoms with Gasteiger partial charge in [0, 0.05) is 0 Å². The van der Waals surface area contributed by atoms with Crippen molar-refractivity contribution in [1.82, 2.24) is 0 Å². The summed E-state index contributed by atoms with van der Waals surface area (Å²) in [6.07, 6.45) is -4.79. The van der Waals surface area contributed by atoms with Gasteiger partial charge in [-0.2, -0.15) is 13.2 Å². The molecule has 0 spiro atoms. The first-order valence-electron chi connectivity index (χ1n) is 4.05. The van der Waals surface area contributed by atoms with E-state index in [4.69, 9.17) is 10.8 Å². The summed E-state index contributed by atoms with van der Waals surface area (Å²) in [6, 6.07) is 1.40. The first-order chi connectivity index (χ1) is 7.27. The van der Waals surface area contributed by atoms with Crippen molar-refractivity contribution in [2.24, 2.45) is 0 Å². The monoisotopic (exact) mass is 235 g/mol. The van der Waals surface area contributed by atoms with Gasteiger partial charge in [-0.25, -0.2) is 4.79 Å². The number of hydrogen-bond donors (Lipinski definition) is 2. The van der Waals surface area contributed by atoms with Crippen LogP contribution >= 0.6 is 0 Å². The molecule has 1 rings (SSSR count). The minimum atomic E-state index is -4.79. The predicted molar refractivity (Wildman–Crippen MR) is 48.9 cm³/mol. The molecule has 0 radical (unpaired) electrons. The molecule has 0 saturated carbocycles. The van der Waals surface area contributed by atoms with E-state index in [0.29, 0.717) is 6.07 Å². The van der Waals surface area contributed by atoms with E-state index in [1.165, 1.54) is 0 Å². The van der Waals surface area contributed by atoms with Crippen molar-refractivity contribution >= 4 is 11.7 Å². The lowest BCUT2D eigenvalue weighted by Gasteiger charge is -2.12. The maximum Gasteiger partial charge on any atom is 0.420 e. The van der Waals surface area contributed by atoms with Crippen LogP contribution in [0, 0.1) is 0 Å². The lowest BCUT2D eigenvalue weighted by atomic mass is 10.1. The molecule has 1 aromatic rings. The number of benzene rings is 1. The maximum atomic E-state index is 12.4. The summed E-state index contributed by atoms with van der Waals surface area (Å²) < 4.78 is 41.5. The Morgan fingerprint density at radius 3 is 2.44 bits per heavy atom. The van der Waals surface area contributed by atoms with Crippen molar-refractivity contribution in [1.29, 1.82) is 0 Å². The number of alkyl halides is 3. The molecule has 0 aliphatic rings. The molecule has 1 aromatic carbocycles. The zero-order valence-corrected chi connectivity index (χ0v) is 8.13. The third-order valence-electron chi connectivity index (χ3n) is 1.87. The van der Waals surface area contributed by atoms with Crippen LogP contribution in [0.15, 0.2) is 12.1 Å². The van der Waals surface area contributed by atoms with Gasteiger partial charge in [0.05, 0.1) is 18.4 Å². The summed E-state index contributed by atoms with van der Waals surface area (Å²) in [4.78, 5) is 11.0. The second-order valence-corrected chi connectivity index (χ2v) is 2.95. The smallest absolute Gasteiger partial charge is 0.420 e. The van der Waals surface area contributed by atoms with Crippen molar-refractivity contribution in [3.63, 3.8) is 0 Å². The van der Waals surface area contributed by atoms with E-state index in [1.54, 1.807) is 0 Å².